The molecule has 2 fully saturated rings. The second-order valence-corrected chi connectivity index (χ2v) is 6.58. The summed E-state index contributed by atoms with van der Waals surface area (Å²) < 4.78 is 10.4. The van der Waals surface area contributed by atoms with Crippen LogP contribution in [0, 0.1) is 0 Å². The topological polar surface area (TPSA) is 59.1 Å². The number of carbonyl (C=O) groups is 2. The van der Waals surface area contributed by atoms with Crippen LogP contribution in [0.4, 0.5) is 0 Å². The average Bonchev–Trinajstić information content (AvgIpc) is 2.68. The summed E-state index contributed by atoms with van der Waals surface area (Å²) in [5, 5.41) is 0. The Kier molecular flexibility index (Phi) is 6.04. The summed E-state index contributed by atoms with van der Waals surface area (Å²) in [4.78, 5) is 29.5. The molecule has 0 N–H and O–H groups in total. The number of benzene rings is 1. The van der Waals surface area contributed by atoms with Gasteiger partial charge in [-0.15, -0.1) is 0 Å². The van der Waals surface area contributed by atoms with Crippen molar-refractivity contribution < 1.29 is 19.1 Å². The lowest BCUT2D eigenvalue weighted by atomic mass is 9.99. The van der Waals surface area contributed by atoms with Crippen LogP contribution in [0.25, 0.3) is 0 Å². The maximum atomic E-state index is 13.0. The standard InChI is InChI=1S/C19H26N2O4/c1-24-14-15-5-7-16(8-6-15)18(22)21-9-3-2-4-17(21)19(23)20-10-12-25-13-11-20/h5-8,17H,2-4,9-14H2,1H3. The van der Waals surface area contributed by atoms with Gasteiger partial charge in [0.15, 0.2) is 0 Å². The molecule has 0 saturated carbocycles. The average molecular weight is 346 g/mol. The predicted molar refractivity (Wildman–Crippen MR) is 93.2 cm³/mol. The first-order valence-corrected chi connectivity index (χ1v) is 8.96. The van der Waals surface area contributed by atoms with E-state index in [4.69, 9.17) is 9.47 Å². The van der Waals surface area contributed by atoms with Crippen molar-refractivity contribution in [3.8, 4) is 0 Å². The number of morpholine rings is 1. The SMILES string of the molecule is COCc1ccc(C(=O)N2CCCCC2C(=O)N2CCOCC2)cc1. The molecule has 1 aromatic rings. The van der Waals surface area contributed by atoms with Gasteiger partial charge in [-0.3, -0.25) is 9.59 Å². The fraction of sp³-hybridized carbons (Fsp3) is 0.579. The van der Waals surface area contributed by atoms with Gasteiger partial charge in [-0.05, 0) is 37.0 Å². The van der Waals surface area contributed by atoms with Crippen molar-refractivity contribution in [2.24, 2.45) is 0 Å². The van der Waals surface area contributed by atoms with Crippen molar-refractivity contribution in [1.82, 2.24) is 9.80 Å². The highest BCUT2D eigenvalue weighted by molar-refractivity contribution is 5.97. The third-order valence-corrected chi connectivity index (χ3v) is 4.88. The first kappa shape index (κ1) is 17.9. The molecule has 2 heterocycles. The summed E-state index contributed by atoms with van der Waals surface area (Å²) in [7, 11) is 1.65. The number of ether oxygens (including phenoxy) is 2. The lowest BCUT2D eigenvalue weighted by Gasteiger charge is -2.38. The Labute approximate surface area is 148 Å². The van der Waals surface area contributed by atoms with Crippen molar-refractivity contribution in [3.05, 3.63) is 35.4 Å². The molecule has 3 rings (SSSR count). The van der Waals surface area contributed by atoms with E-state index in [9.17, 15) is 9.59 Å². The Morgan fingerprint density at radius 3 is 2.52 bits per heavy atom. The highest BCUT2D eigenvalue weighted by Crippen LogP contribution is 2.22. The fourth-order valence-corrected chi connectivity index (χ4v) is 3.50. The van der Waals surface area contributed by atoms with Gasteiger partial charge in [-0.25, -0.2) is 0 Å². The molecule has 136 valence electrons. The summed E-state index contributed by atoms with van der Waals surface area (Å²) >= 11 is 0. The predicted octanol–water partition coefficient (Wildman–Crippen LogP) is 1.69. The molecule has 0 spiro atoms. The first-order valence-electron chi connectivity index (χ1n) is 8.96. The second-order valence-electron chi connectivity index (χ2n) is 6.58. The summed E-state index contributed by atoms with van der Waals surface area (Å²) in [5.41, 5.74) is 1.65. The molecule has 1 unspecified atom stereocenters. The second kappa shape index (κ2) is 8.45. The van der Waals surface area contributed by atoms with Crippen LogP contribution < -0.4 is 0 Å². The number of hydrogen-bond acceptors (Lipinski definition) is 4. The Bertz CT molecular complexity index is 596. The molecule has 2 aliphatic heterocycles. The van der Waals surface area contributed by atoms with Gasteiger partial charge in [0.2, 0.25) is 5.91 Å². The minimum absolute atomic E-state index is 0.0599. The smallest absolute Gasteiger partial charge is 0.254 e. The molecule has 0 aromatic heterocycles. The van der Waals surface area contributed by atoms with Crippen LogP contribution in [0.3, 0.4) is 0 Å². The zero-order chi connectivity index (χ0) is 17.6. The molecular weight excluding hydrogens is 320 g/mol. The van der Waals surface area contributed by atoms with E-state index in [0.717, 1.165) is 24.8 Å². The van der Waals surface area contributed by atoms with Crippen molar-refractivity contribution >= 4 is 11.8 Å². The molecule has 25 heavy (non-hydrogen) atoms. The zero-order valence-corrected chi connectivity index (χ0v) is 14.8. The largest absolute Gasteiger partial charge is 0.380 e. The number of piperidine rings is 1. The van der Waals surface area contributed by atoms with Crippen molar-refractivity contribution in [2.45, 2.75) is 31.9 Å². The maximum absolute atomic E-state index is 13.0. The van der Waals surface area contributed by atoms with Gasteiger partial charge in [0.05, 0.1) is 19.8 Å². The molecule has 0 bridgehead atoms. The van der Waals surface area contributed by atoms with Gasteiger partial charge >= 0.3 is 0 Å². The number of likely N-dealkylation sites (tertiary alicyclic amines) is 1. The summed E-state index contributed by atoms with van der Waals surface area (Å²) in [6.07, 6.45) is 2.67. The summed E-state index contributed by atoms with van der Waals surface area (Å²) in [6.45, 7) is 3.54. The fourth-order valence-electron chi connectivity index (χ4n) is 3.50. The van der Waals surface area contributed by atoms with Crippen LogP contribution in [0.5, 0.6) is 0 Å². The summed E-state index contributed by atoms with van der Waals surface area (Å²) in [5.74, 6) is 0.00243. The number of carbonyl (C=O) groups excluding carboxylic acids is 2. The van der Waals surface area contributed by atoms with Gasteiger partial charge in [0.25, 0.3) is 5.91 Å². The van der Waals surface area contributed by atoms with E-state index < -0.39 is 0 Å². The molecule has 6 nitrogen and oxygen atoms in total. The molecule has 2 saturated heterocycles. The lowest BCUT2D eigenvalue weighted by molar-refractivity contribution is -0.141. The number of rotatable bonds is 4. The first-order chi connectivity index (χ1) is 12.2. The van der Waals surface area contributed by atoms with Crippen LogP contribution in [-0.2, 0) is 20.9 Å². The van der Waals surface area contributed by atoms with E-state index in [-0.39, 0.29) is 17.9 Å². The number of hydrogen-bond donors (Lipinski definition) is 0. The van der Waals surface area contributed by atoms with Gasteiger partial charge in [0.1, 0.15) is 6.04 Å². The van der Waals surface area contributed by atoms with Crippen LogP contribution in [0.2, 0.25) is 0 Å². The molecule has 1 aromatic carbocycles. The van der Waals surface area contributed by atoms with E-state index in [1.165, 1.54) is 0 Å². The minimum Gasteiger partial charge on any atom is -0.380 e. The van der Waals surface area contributed by atoms with E-state index in [2.05, 4.69) is 0 Å². The minimum atomic E-state index is -0.349. The van der Waals surface area contributed by atoms with Gasteiger partial charge in [0, 0.05) is 32.3 Å². The van der Waals surface area contributed by atoms with Crippen molar-refractivity contribution in [3.63, 3.8) is 0 Å². The van der Waals surface area contributed by atoms with E-state index >= 15 is 0 Å². The Morgan fingerprint density at radius 2 is 1.84 bits per heavy atom. The van der Waals surface area contributed by atoms with Crippen LogP contribution in [0.1, 0.15) is 35.2 Å². The normalized spacial score (nSPS) is 21.2. The monoisotopic (exact) mass is 346 g/mol. The number of amides is 2. The van der Waals surface area contributed by atoms with Gasteiger partial charge in [-0.2, -0.15) is 0 Å². The third-order valence-electron chi connectivity index (χ3n) is 4.88. The van der Waals surface area contributed by atoms with Crippen molar-refractivity contribution in [2.75, 3.05) is 40.0 Å². The van der Waals surface area contributed by atoms with Crippen LogP contribution in [-0.4, -0.2) is 67.6 Å². The van der Waals surface area contributed by atoms with Crippen LogP contribution in [0.15, 0.2) is 24.3 Å². The highest BCUT2D eigenvalue weighted by Gasteiger charge is 2.35. The van der Waals surface area contributed by atoms with Crippen LogP contribution >= 0.6 is 0 Å². The van der Waals surface area contributed by atoms with Crippen molar-refractivity contribution in [1.29, 1.82) is 0 Å². The Hall–Kier alpha value is -1.92. The van der Waals surface area contributed by atoms with E-state index in [0.29, 0.717) is 45.0 Å². The molecular formula is C19H26N2O4. The molecule has 0 radical (unpaired) electrons. The third kappa shape index (κ3) is 4.19. The highest BCUT2D eigenvalue weighted by atomic mass is 16.5. The van der Waals surface area contributed by atoms with E-state index in [1.807, 2.05) is 29.2 Å². The lowest BCUT2D eigenvalue weighted by Crippen LogP contribution is -2.55. The quantitative estimate of drug-likeness (QED) is 0.832. The number of methoxy groups -OCH3 is 1. The Balaban J connectivity index is 1.73. The molecule has 6 heteroatoms. The number of nitrogens with zero attached hydrogens (tertiary/aromatic N) is 2. The zero-order valence-electron chi connectivity index (χ0n) is 14.8. The van der Waals surface area contributed by atoms with Gasteiger partial charge < -0.3 is 19.3 Å². The molecule has 2 amide bonds. The maximum Gasteiger partial charge on any atom is 0.254 e. The van der Waals surface area contributed by atoms with E-state index in [1.54, 1.807) is 12.0 Å². The molecule has 0 aliphatic carbocycles. The Morgan fingerprint density at radius 1 is 1.12 bits per heavy atom. The molecule has 2 aliphatic rings. The summed E-state index contributed by atoms with van der Waals surface area (Å²) in [6, 6.07) is 7.10. The molecule has 1 atom stereocenters. The van der Waals surface area contributed by atoms with Gasteiger partial charge in [-0.1, -0.05) is 12.1 Å².